The second-order valence-corrected chi connectivity index (χ2v) is 9.32. The monoisotopic (exact) mass is 555 g/mol. The fourth-order valence-corrected chi connectivity index (χ4v) is 3.75. The van der Waals surface area contributed by atoms with E-state index in [-0.39, 0.29) is 37.5 Å². The number of hydrogen-bond donors (Lipinski definition) is 8. The van der Waals surface area contributed by atoms with E-state index < -0.39 is 47.9 Å². The number of carboxylic acid groups (broad SMARTS) is 1. The molecule has 0 saturated carbocycles. The molecule has 3 amide bonds. The SMILES string of the molecule is CC(N)C(=O)NC(CCCN=C(N)N)C(=O)NC(Cc1ccc(O)cc1)C(=O)NC(Cc1ccccc1)C(=O)O. The molecule has 216 valence electrons. The maximum absolute atomic E-state index is 13.4. The summed E-state index contributed by atoms with van der Waals surface area (Å²) in [6.07, 6.45) is 0.486. The number of guanidine groups is 1. The van der Waals surface area contributed by atoms with E-state index >= 15 is 0 Å². The molecule has 11 N–H and O–H groups in total. The summed E-state index contributed by atoms with van der Waals surface area (Å²) in [6.45, 7) is 1.67. The number of nitrogens with zero attached hydrogens (tertiary/aromatic N) is 1. The number of phenolic OH excluding ortho intramolecular Hbond substituents is 1. The Morgan fingerprint density at radius 3 is 1.90 bits per heavy atom. The number of carbonyl (C=O) groups is 4. The predicted molar refractivity (Wildman–Crippen MR) is 149 cm³/mol. The third kappa shape index (κ3) is 11.0. The van der Waals surface area contributed by atoms with Crippen molar-refractivity contribution in [3.8, 4) is 5.75 Å². The van der Waals surface area contributed by atoms with Crippen molar-refractivity contribution in [2.45, 2.75) is 56.8 Å². The molecule has 0 radical (unpaired) electrons. The van der Waals surface area contributed by atoms with Gasteiger partial charge in [-0.1, -0.05) is 42.5 Å². The van der Waals surface area contributed by atoms with Gasteiger partial charge in [-0.25, -0.2) is 4.79 Å². The second kappa shape index (κ2) is 15.7. The van der Waals surface area contributed by atoms with Gasteiger partial charge in [-0.15, -0.1) is 0 Å². The zero-order valence-corrected chi connectivity index (χ0v) is 22.2. The first-order chi connectivity index (χ1) is 19.0. The third-order valence-corrected chi connectivity index (χ3v) is 5.90. The van der Waals surface area contributed by atoms with Crippen LogP contribution in [0.25, 0.3) is 0 Å². The first-order valence-corrected chi connectivity index (χ1v) is 12.7. The van der Waals surface area contributed by atoms with Crippen molar-refractivity contribution < 1.29 is 29.4 Å². The van der Waals surface area contributed by atoms with Crippen LogP contribution < -0.4 is 33.2 Å². The van der Waals surface area contributed by atoms with E-state index in [2.05, 4.69) is 20.9 Å². The van der Waals surface area contributed by atoms with Crippen LogP contribution in [-0.2, 0) is 32.0 Å². The lowest BCUT2D eigenvalue weighted by molar-refractivity contribution is -0.142. The number of aromatic hydroxyl groups is 1. The van der Waals surface area contributed by atoms with Gasteiger partial charge in [0.25, 0.3) is 0 Å². The molecule has 0 bridgehead atoms. The number of aliphatic imine (C=N–C) groups is 1. The van der Waals surface area contributed by atoms with Crippen LogP contribution in [0.2, 0.25) is 0 Å². The number of nitrogens with one attached hydrogen (secondary N) is 3. The highest BCUT2D eigenvalue weighted by molar-refractivity contribution is 5.94. The minimum Gasteiger partial charge on any atom is -0.508 e. The summed E-state index contributed by atoms with van der Waals surface area (Å²) in [5.74, 6) is -3.32. The van der Waals surface area contributed by atoms with Crippen LogP contribution in [0.15, 0.2) is 59.6 Å². The molecule has 0 spiro atoms. The van der Waals surface area contributed by atoms with Crippen LogP contribution in [0, 0.1) is 0 Å². The van der Waals surface area contributed by atoms with Crippen molar-refractivity contribution in [1.29, 1.82) is 0 Å². The van der Waals surface area contributed by atoms with E-state index in [0.29, 0.717) is 17.5 Å². The van der Waals surface area contributed by atoms with Gasteiger partial charge in [0.05, 0.1) is 6.04 Å². The number of carbonyl (C=O) groups excluding carboxylic acids is 3. The Labute approximate surface area is 232 Å². The van der Waals surface area contributed by atoms with E-state index in [9.17, 15) is 29.4 Å². The van der Waals surface area contributed by atoms with Crippen LogP contribution in [0.1, 0.15) is 30.9 Å². The molecule has 4 atom stereocenters. The molecule has 4 unspecified atom stereocenters. The molecule has 0 aromatic heterocycles. The molecule has 0 saturated heterocycles. The Bertz CT molecular complexity index is 1170. The topological polar surface area (TPSA) is 235 Å². The van der Waals surface area contributed by atoms with Gasteiger partial charge in [0.1, 0.15) is 23.9 Å². The number of rotatable bonds is 15. The Morgan fingerprint density at radius 1 is 0.800 bits per heavy atom. The van der Waals surface area contributed by atoms with Crippen molar-refractivity contribution >= 4 is 29.7 Å². The molecule has 2 aromatic carbocycles. The smallest absolute Gasteiger partial charge is 0.326 e. The van der Waals surface area contributed by atoms with Gasteiger partial charge < -0.3 is 43.4 Å². The van der Waals surface area contributed by atoms with Gasteiger partial charge in [0.2, 0.25) is 17.7 Å². The van der Waals surface area contributed by atoms with Crippen molar-refractivity contribution in [2.24, 2.45) is 22.2 Å². The number of phenols is 1. The van der Waals surface area contributed by atoms with Gasteiger partial charge in [0.15, 0.2) is 5.96 Å². The van der Waals surface area contributed by atoms with Gasteiger partial charge in [0, 0.05) is 19.4 Å². The first kappa shape index (κ1) is 31.6. The maximum atomic E-state index is 13.4. The average molecular weight is 556 g/mol. The largest absolute Gasteiger partial charge is 0.508 e. The summed E-state index contributed by atoms with van der Waals surface area (Å²) in [4.78, 5) is 54.8. The van der Waals surface area contributed by atoms with Crippen molar-refractivity contribution in [3.63, 3.8) is 0 Å². The molecule has 0 aliphatic carbocycles. The standard InChI is InChI=1S/C27H37N7O6/c1-16(28)23(36)32-20(8-5-13-31-27(29)30)24(37)33-21(14-18-9-11-19(35)12-10-18)25(38)34-22(26(39)40)15-17-6-3-2-4-7-17/h2-4,6-7,9-12,16,20-22,35H,5,8,13-15,28H2,1H3,(H,32,36)(H,33,37)(H,34,38)(H,39,40)(H4,29,30,31). The highest BCUT2D eigenvalue weighted by Gasteiger charge is 2.30. The fraction of sp³-hybridized carbons (Fsp3) is 0.370. The number of carboxylic acids is 1. The van der Waals surface area contributed by atoms with E-state index in [4.69, 9.17) is 17.2 Å². The lowest BCUT2D eigenvalue weighted by Gasteiger charge is -2.25. The maximum Gasteiger partial charge on any atom is 0.326 e. The summed E-state index contributed by atoms with van der Waals surface area (Å²) in [5.41, 5.74) is 17.6. The minimum absolute atomic E-state index is 0.0158. The molecule has 0 heterocycles. The van der Waals surface area contributed by atoms with Gasteiger partial charge in [-0.05, 0) is 43.0 Å². The molecule has 2 rings (SSSR count). The molecule has 0 aliphatic rings. The highest BCUT2D eigenvalue weighted by atomic mass is 16.4. The van der Waals surface area contributed by atoms with Crippen LogP contribution in [0.5, 0.6) is 5.75 Å². The van der Waals surface area contributed by atoms with Crippen LogP contribution in [0.3, 0.4) is 0 Å². The summed E-state index contributed by atoms with van der Waals surface area (Å²) < 4.78 is 0. The number of aliphatic carboxylic acids is 1. The summed E-state index contributed by atoms with van der Waals surface area (Å²) in [5, 5.41) is 27.1. The van der Waals surface area contributed by atoms with Crippen molar-refractivity contribution in [3.05, 3.63) is 65.7 Å². The van der Waals surface area contributed by atoms with Crippen LogP contribution in [-0.4, -0.2) is 70.6 Å². The van der Waals surface area contributed by atoms with Crippen LogP contribution in [0.4, 0.5) is 0 Å². The Balaban J connectivity index is 2.26. The average Bonchev–Trinajstić information content (AvgIpc) is 2.90. The molecular formula is C27H37N7O6. The number of benzene rings is 2. The molecule has 0 aliphatic heterocycles. The second-order valence-electron chi connectivity index (χ2n) is 9.32. The number of nitrogens with two attached hydrogens (primary N) is 3. The first-order valence-electron chi connectivity index (χ1n) is 12.7. The normalized spacial score (nSPS) is 13.7. The van der Waals surface area contributed by atoms with E-state index in [1.54, 1.807) is 42.5 Å². The summed E-state index contributed by atoms with van der Waals surface area (Å²) in [6, 6.07) is 10.4. The number of amides is 3. The zero-order chi connectivity index (χ0) is 29.7. The lowest BCUT2D eigenvalue weighted by atomic mass is 10.0. The van der Waals surface area contributed by atoms with Gasteiger partial charge in [-0.2, -0.15) is 0 Å². The molecule has 40 heavy (non-hydrogen) atoms. The highest BCUT2D eigenvalue weighted by Crippen LogP contribution is 2.13. The minimum atomic E-state index is -1.26. The van der Waals surface area contributed by atoms with Gasteiger partial charge >= 0.3 is 5.97 Å². The quantitative estimate of drug-likeness (QED) is 0.0772. The third-order valence-electron chi connectivity index (χ3n) is 5.90. The molecule has 2 aromatic rings. The molecule has 13 heteroatoms. The Morgan fingerprint density at radius 2 is 1.32 bits per heavy atom. The zero-order valence-electron chi connectivity index (χ0n) is 22.2. The van der Waals surface area contributed by atoms with Crippen molar-refractivity contribution in [1.82, 2.24) is 16.0 Å². The van der Waals surface area contributed by atoms with Crippen LogP contribution >= 0.6 is 0 Å². The van der Waals surface area contributed by atoms with E-state index in [1.807, 2.05) is 0 Å². The molecule has 13 nitrogen and oxygen atoms in total. The Hall–Kier alpha value is -4.65. The van der Waals surface area contributed by atoms with Gasteiger partial charge in [-0.3, -0.25) is 19.4 Å². The Kier molecular flexibility index (Phi) is 12.4. The van der Waals surface area contributed by atoms with Crippen molar-refractivity contribution in [2.75, 3.05) is 6.54 Å². The fourth-order valence-electron chi connectivity index (χ4n) is 3.75. The molecule has 0 fully saturated rings. The van der Waals surface area contributed by atoms with E-state index in [0.717, 1.165) is 0 Å². The predicted octanol–water partition coefficient (Wildman–Crippen LogP) is -0.883. The summed E-state index contributed by atoms with van der Waals surface area (Å²) >= 11 is 0. The van der Waals surface area contributed by atoms with E-state index in [1.165, 1.54) is 19.1 Å². The summed E-state index contributed by atoms with van der Waals surface area (Å²) in [7, 11) is 0. The molecular weight excluding hydrogens is 518 g/mol. The number of hydrogen-bond acceptors (Lipinski definition) is 7. The lowest BCUT2D eigenvalue weighted by Crippen LogP contribution is -2.57.